The van der Waals surface area contributed by atoms with Crippen LogP contribution >= 0.6 is 0 Å². The maximum Gasteiger partial charge on any atom is 0.00966 e. The Morgan fingerprint density at radius 1 is 1.15 bits per heavy atom. The first-order valence-electron chi connectivity index (χ1n) is 9.02. The van der Waals surface area contributed by atoms with E-state index in [0.29, 0.717) is 11.5 Å². The minimum Gasteiger partial charge on any atom is -0.314 e. The van der Waals surface area contributed by atoms with Crippen molar-refractivity contribution in [3.05, 3.63) is 0 Å². The van der Waals surface area contributed by atoms with Crippen molar-refractivity contribution >= 4 is 0 Å². The fourth-order valence-electron chi connectivity index (χ4n) is 3.73. The van der Waals surface area contributed by atoms with Gasteiger partial charge in [-0.25, -0.2) is 0 Å². The Hall–Kier alpha value is -0.0800. The van der Waals surface area contributed by atoms with Gasteiger partial charge in [-0.05, 0) is 50.0 Å². The van der Waals surface area contributed by atoms with Gasteiger partial charge in [0.1, 0.15) is 0 Å². The average Bonchev–Trinajstić information content (AvgIpc) is 3.24. The first-order valence-corrected chi connectivity index (χ1v) is 9.02. The molecule has 2 nitrogen and oxygen atoms in total. The lowest BCUT2D eigenvalue weighted by Gasteiger charge is -2.43. The van der Waals surface area contributed by atoms with Crippen LogP contribution in [-0.4, -0.2) is 36.6 Å². The molecule has 0 amide bonds. The normalized spacial score (nSPS) is 31.2. The number of nitrogens with zero attached hydrogens (tertiary/aromatic N) is 1. The van der Waals surface area contributed by atoms with Gasteiger partial charge in [-0.15, -0.1) is 0 Å². The summed E-state index contributed by atoms with van der Waals surface area (Å²) >= 11 is 0. The summed E-state index contributed by atoms with van der Waals surface area (Å²) in [6, 6.07) is 1.54. The fraction of sp³-hybridized carbons (Fsp3) is 1.00. The van der Waals surface area contributed by atoms with E-state index in [1.807, 2.05) is 0 Å². The lowest BCUT2D eigenvalue weighted by molar-refractivity contribution is 0.0802. The molecule has 2 aliphatic rings. The number of hydrogen-bond donors (Lipinski definition) is 1. The fourth-order valence-corrected chi connectivity index (χ4v) is 3.73. The standard InChI is InChI=1S/C18H36N2/c1-5-12-20(17-6-7-17)14-18(13-19-15(2)3)10-8-16(4)9-11-18/h15-17,19H,5-14H2,1-4H3. The molecule has 0 radical (unpaired) electrons. The molecule has 0 saturated heterocycles. The molecule has 0 aromatic rings. The second-order valence-corrected chi connectivity index (χ2v) is 7.92. The average molecular weight is 280 g/mol. The van der Waals surface area contributed by atoms with E-state index in [1.165, 1.54) is 64.6 Å². The van der Waals surface area contributed by atoms with Gasteiger partial charge >= 0.3 is 0 Å². The summed E-state index contributed by atoms with van der Waals surface area (Å²) in [5.74, 6) is 0.947. The summed E-state index contributed by atoms with van der Waals surface area (Å²) in [7, 11) is 0. The van der Waals surface area contributed by atoms with Gasteiger partial charge in [-0.3, -0.25) is 4.90 Å². The van der Waals surface area contributed by atoms with E-state index >= 15 is 0 Å². The third-order valence-electron chi connectivity index (χ3n) is 5.33. The molecule has 2 rings (SSSR count). The van der Waals surface area contributed by atoms with Gasteiger partial charge in [-0.2, -0.15) is 0 Å². The minimum absolute atomic E-state index is 0.550. The Balaban J connectivity index is 1.97. The monoisotopic (exact) mass is 280 g/mol. The highest BCUT2D eigenvalue weighted by Crippen LogP contribution is 2.41. The number of nitrogens with one attached hydrogen (secondary N) is 1. The maximum atomic E-state index is 3.75. The molecule has 0 unspecified atom stereocenters. The molecule has 0 bridgehead atoms. The summed E-state index contributed by atoms with van der Waals surface area (Å²) in [4.78, 5) is 2.82. The second kappa shape index (κ2) is 7.26. The third kappa shape index (κ3) is 4.73. The van der Waals surface area contributed by atoms with Gasteiger partial charge in [0.2, 0.25) is 0 Å². The largest absolute Gasteiger partial charge is 0.314 e. The molecule has 0 aromatic heterocycles. The summed E-state index contributed by atoms with van der Waals surface area (Å²) in [5, 5.41) is 3.75. The van der Waals surface area contributed by atoms with Crippen molar-refractivity contribution in [1.82, 2.24) is 10.2 Å². The SMILES string of the molecule is CCCN(CC1(CNC(C)C)CCC(C)CC1)C1CC1. The van der Waals surface area contributed by atoms with E-state index in [9.17, 15) is 0 Å². The summed E-state index contributed by atoms with van der Waals surface area (Å²) < 4.78 is 0. The topological polar surface area (TPSA) is 15.3 Å². The zero-order chi connectivity index (χ0) is 14.6. The van der Waals surface area contributed by atoms with Gasteiger partial charge in [0.05, 0.1) is 0 Å². The van der Waals surface area contributed by atoms with Crippen molar-refractivity contribution in [2.75, 3.05) is 19.6 Å². The molecule has 2 heteroatoms. The van der Waals surface area contributed by atoms with Crippen LogP contribution in [0, 0.1) is 11.3 Å². The molecule has 0 atom stereocenters. The Morgan fingerprint density at radius 2 is 1.80 bits per heavy atom. The van der Waals surface area contributed by atoms with Crippen LogP contribution in [0.3, 0.4) is 0 Å². The third-order valence-corrected chi connectivity index (χ3v) is 5.33. The Labute approximate surface area is 126 Å². The summed E-state index contributed by atoms with van der Waals surface area (Å²) in [6.07, 6.45) is 9.94. The Kier molecular flexibility index (Phi) is 5.92. The highest BCUT2D eigenvalue weighted by Gasteiger charge is 2.39. The molecule has 2 saturated carbocycles. The molecule has 0 heterocycles. The van der Waals surface area contributed by atoms with Crippen molar-refractivity contribution < 1.29 is 0 Å². The van der Waals surface area contributed by atoms with E-state index in [2.05, 4.69) is 37.9 Å². The van der Waals surface area contributed by atoms with Crippen molar-refractivity contribution in [2.24, 2.45) is 11.3 Å². The highest BCUT2D eigenvalue weighted by molar-refractivity contribution is 4.94. The Bertz CT molecular complexity index is 275. The minimum atomic E-state index is 0.550. The molecule has 2 aliphatic carbocycles. The number of hydrogen-bond acceptors (Lipinski definition) is 2. The molecule has 2 fully saturated rings. The molecule has 0 aromatic carbocycles. The molecule has 1 N–H and O–H groups in total. The van der Waals surface area contributed by atoms with Crippen LogP contribution in [0.1, 0.15) is 72.6 Å². The van der Waals surface area contributed by atoms with Gasteiger partial charge in [0.25, 0.3) is 0 Å². The van der Waals surface area contributed by atoms with E-state index in [4.69, 9.17) is 0 Å². The summed E-state index contributed by atoms with van der Waals surface area (Å²) in [5.41, 5.74) is 0.550. The van der Waals surface area contributed by atoms with Gasteiger partial charge in [0, 0.05) is 25.2 Å². The van der Waals surface area contributed by atoms with Crippen LogP contribution in [-0.2, 0) is 0 Å². The van der Waals surface area contributed by atoms with Crippen LogP contribution in [0.15, 0.2) is 0 Å². The van der Waals surface area contributed by atoms with Crippen LogP contribution in [0.2, 0.25) is 0 Å². The number of rotatable bonds is 8. The molecular formula is C18H36N2. The predicted molar refractivity (Wildman–Crippen MR) is 88.1 cm³/mol. The van der Waals surface area contributed by atoms with Gasteiger partial charge in [-0.1, -0.05) is 40.5 Å². The van der Waals surface area contributed by atoms with Crippen LogP contribution in [0.25, 0.3) is 0 Å². The van der Waals surface area contributed by atoms with Crippen molar-refractivity contribution in [2.45, 2.75) is 84.7 Å². The molecule has 0 spiro atoms. The van der Waals surface area contributed by atoms with Crippen LogP contribution in [0.4, 0.5) is 0 Å². The lowest BCUT2D eigenvalue weighted by atomic mass is 9.70. The van der Waals surface area contributed by atoms with Crippen LogP contribution < -0.4 is 5.32 Å². The first-order chi connectivity index (χ1) is 9.54. The van der Waals surface area contributed by atoms with Gasteiger partial charge in [0.15, 0.2) is 0 Å². The predicted octanol–water partition coefficient (Wildman–Crippen LogP) is 4.06. The molecule has 0 aliphatic heterocycles. The molecule has 118 valence electrons. The zero-order valence-electron chi connectivity index (χ0n) is 14.3. The van der Waals surface area contributed by atoms with Crippen molar-refractivity contribution in [1.29, 1.82) is 0 Å². The quantitative estimate of drug-likeness (QED) is 0.721. The summed E-state index contributed by atoms with van der Waals surface area (Å²) in [6.45, 7) is 13.2. The smallest absolute Gasteiger partial charge is 0.00966 e. The molecule has 20 heavy (non-hydrogen) atoms. The van der Waals surface area contributed by atoms with E-state index in [1.54, 1.807) is 0 Å². The Morgan fingerprint density at radius 3 is 2.30 bits per heavy atom. The maximum absolute atomic E-state index is 3.75. The van der Waals surface area contributed by atoms with Crippen molar-refractivity contribution in [3.8, 4) is 0 Å². The van der Waals surface area contributed by atoms with Gasteiger partial charge < -0.3 is 5.32 Å². The van der Waals surface area contributed by atoms with E-state index < -0.39 is 0 Å². The highest BCUT2D eigenvalue weighted by atomic mass is 15.2. The van der Waals surface area contributed by atoms with E-state index in [-0.39, 0.29) is 0 Å². The van der Waals surface area contributed by atoms with Crippen LogP contribution in [0.5, 0.6) is 0 Å². The van der Waals surface area contributed by atoms with Crippen molar-refractivity contribution in [3.63, 3.8) is 0 Å². The lowest BCUT2D eigenvalue weighted by Crippen LogP contribution is -2.48. The second-order valence-electron chi connectivity index (χ2n) is 7.92. The van der Waals surface area contributed by atoms with E-state index in [0.717, 1.165) is 12.0 Å². The molecular weight excluding hydrogens is 244 g/mol. The zero-order valence-corrected chi connectivity index (χ0v) is 14.3. The first kappa shape index (κ1) is 16.3.